The van der Waals surface area contributed by atoms with Crippen LogP contribution in [0.3, 0.4) is 0 Å². The van der Waals surface area contributed by atoms with Gasteiger partial charge < -0.3 is 14.2 Å². The number of halogens is 1. The number of esters is 1. The van der Waals surface area contributed by atoms with Crippen LogP contribution in [0.4, 0.5) is 4.39 Å². The monoisotopic (exact) mass is 394 g/mol. The van der Waals surface area contributed by atoms with Crippen LogP contribution in [0.1, 0.15) is 23.9 Å². The molecule has 2 aromatic rings. The molecule has 0 bridgehead atoms. The zero-order chi connectivity index (χ0) is 21.3. The lowest BCUT2D eigenvalue weighted by Crippen LogP contribution is -2.25. The molecule has 2 heterocycles. The number of amides is 1. The van der Waals surface area contributed by atoms with E-state index in [1.165, 1.54) is 18.1 Å². The predicted octanol–water partition coefficient (Wildman–Crippen LogP) is 4.09. The fourth-order valence-electron chi connectivity index (χ4n) is 3.67. The van der Waals surface area contributed by atoms with Crippen LogP contribution in [0.5, 0.6) is 0 Å². The molecule has 0 radical (unpaired) electrons. The Hall–Kier alpha value is -3.41. The van der Waals surface area contributed by atoms with E-state index in [-0.39, 0.29) is 29.4 Å². The Morgan fingerprint density at radius 1 is 1.24 bits per heavy atom. The SMILES string of the molecule is C=CCN1C(=O)/C(=C\c2cc(C)n(-c3ccccc3F)c2C)C(C(=O)OC)=C1C. The van der Waals surface area contributed by atoms with Crippen LogP contribution < -0.4 is 0 Å². The van der Waals surface area contributed by atoms with Crippen molar-refractivity contribution >= 4 is 18.0 Å². The number of aromatic nitrogens is 1. The molecular formula is C23H23FN2O3. The van der Waals surface area contributed by atoms with Crippen molar-refractivity contribution in [3.8, 4) is 5.69 Å². The van der Waals surface area contributed by atoms with E-state index in [0.717, 1.165) is 17.0 Å². The number of benzene rings is 1. The lowest BCUT2D eigenvalue weighted by molar-refractivity contribution is -0.136. The third-order valence-corrected chi connectivity index (χ3v) is 5.08. The second kappa shape index (κ2) is 7.91. The lowest BCUT2D eigenvalue weighted by atomic mass is 10.0. The van der Waals surface area contributed by atoms with Crippen LogP contribution in [0.15, 0.2) is 59.8 Å². The van der Waals surface area contributed by atoms with Gasteiger partial charge in [-0.2, -0.15) is 0 Å². The zero-order valence-electron chi connectivity index (χ0n) is 17.0. The Bertz CT molecular complexity index is 1080. The Labute approximate surface area is 169 Å². The smallest absolute Gasteiger partial charge is 0.340 e. The van der Waals surface area contributed by atoms with Gasteiger partial charge in [0, 0.05) is 23.6 Å². The molecule has 29 heavy (non-hydrogen) atoms. The van der Waals surface area contributed by atoms with Crippen LogP contribution >= 0.6 is 0 Å². The summed E-state index contributed by atoms with van der Waals surface area (Å²) in [5.74, 6) is -1.20. The third kappa shape index (κ3) is 3.42. The molecule has 1 aliphatic heterocycles. The maximum atomic E-state index is 14.3. The Morgan fingerprint density at radius 2 is 1.93 bits per heavy atom. The highest BCUT2D eigenvalue weighted by molar-refractivity contribution is 6.16. The van der Waals surface area contributed by atoms with Crippen molar-refractivity contribution in [1.82, 2.24) is 9.47 Å². The first-order valence-corrected chi connectivity index (χ1v) is 9.19. The van der Waals surface area contributed by atoms with Gasteiger partial charge in [0.25, 0.3) is 5.91 Å². The number of para-hydroxylation sites is 1. The van der Waals surface area contributed by atoms with E-state index in [9.17, 15) is 14.0 Å². The van der Waals surface area contributed by atoms with Crippen molar-refractivity contribution in [2.75, 3.05) is 13.7 Å². The molecule has 1 amide bonds. The number of carbonyl (C=O) groups excluding carboxylic acids is 2. The number of hydrogen-bond acceptors (Lipinski definition) is 3. The molecule has 0 unspecified atom stereocenters. The number of allylic oxidation sites excluding steroid dienone is 1. The van der Waals surface area contributed by atoms with Crippen molar-refractivity contribution in [3.63, 3.8) is 0 Å². The summed E-state index contributed by atoms with van der Waals surface area (Å²) in [7, 11) is 1.28. The summed E-state index contributed by atoms with van der Waals surface area (Å²) >= 11 is 0. The van der Waals surface area contributed by atoms with Crippen molar-refractivity contribution < 1.29 is 18.7 Å². The number of nitrogens with zero attached hydrogens (tertiary/aromatic N) is 2. The highest BCUT2D eigenvalue weighted by atomic mass is 19.1. The molecule has 0 aliphatic carbocycles. The summed E-state index contributed by atoms with van der Waals surface area (Å²) in [4.78, 5) is 26.8. The van der Waals surface area contributed by atoms with E-state index in [1.54, 1.807) is 41.8 Å². The van der Waals surface area contributed by atoms with Gasteiger partial charge in [-0.1, -0.05) is 18.2 Å². The molecule has 5 nitrogen and oxygen atoms in total. The number of carbonyl (C=O) groups is 2. The summed E-state index contributed by atoms with van der Waals surface area (Å²) in [6.07, 6.45) is 3.27. The van der Waals surface area contributed by atoms with Crippen LogP contribution in [-0.2, 0) is 14.3 Å². The molecule has 3 rings (SSSR count). The van der Waals surface area contributed by atoms with Gasteiger partial charge in [0.05, 0.1) is 23.9 Å². The topological polar surface area (TPSA) is 51.5 Å². The van der Waals surface area contributed by atoms with Gasteiger partial charge in [-0.25, -0.2) is 9.18 Å². The van der Waals surface area contributed by atoms with Crippen LogP contribution in [0.2, 0.25) is 0 Å². The second-order valence-electron chi connectivity index (χ2n) is 6.83. The average molecular weight is 394 g/mol. The molecule has 1 aliphatic rings. The summed E-state index contributed by atoms with van der Waals surface area (Å²) in [6, 6.07) is 8.37. The van der Waals surface area contributed by atoms with E-state index >= 15 is 0 Å². The van der Waals surface area contributed by atoms with Gasteiger partial charge in [0.15, 0.2) is 0 Å². The van der Waals surface area contributed by atoms with Crippen LogP contribution in [0, 0.1) is 19.7 Å². The third-order valence-electron chi connectivity index (χ3n) is 5.08. The minimum absolute atomic E-state index is 0.232. The number of aryl methyl sites for hydroxylation is 1. The summed E-state index contributed by atoms with van der Waals surface area (Å²) in [5.41, 5.74) is 3.74. The van der Waals surface area contributed by atoms with Gasteiger partial charge in [0.2, 0.25) is 0 Å². The van der Waals surface area contributed by atoms with Crippen LogP contribution in [0.25, 0.3) is 11.8 Å². The van der Waals surface area contributed by atoms with Crippen molar-refractivity contribution in [1.29, 1.82) is 0 Å². The predicted molar refractivity (Wildman–Crippen MR) is 110 cm³/mol. The van der Waals surface area contributed by atoms with Crippen molar-refractivity contribution in [2.24, 2.45) is 0 Å². The van der Waals surface area contributed by atoms with E-state index < -0.39 is 5.97 Å². The van der Waals surface area contributed by atoms with Gasteiger partial charge in [0.1, 0.15) is 5.82 Å². The quantitative estimate of drug-likeness (QED) is 0.436. The molecule has 0 fully saturated rings. The van der Waals surface area contributed by atoms with Crippen molar-refractivity contribution in [2.45, 2.75) is 20.8 Å². The van der Waals surface area contributed by atoms with E-state index in [2.05, 4.69) is 6.58 Å². The maximum absolute atomic E-state index is 14.3. The lowest BCUT2D eigenvalue weighted by Gasteiger charge is -2.14. The van der Waals surface area contributed by atoms with Crippen molar-refractivity contribution in [3.05, 3.63) is 82.6 Å². The first kappa shape index (κ1) is 20.3. The fourth-order valence-corrected chi connectivity index (χ4v) is 3.67. The number of ether oxygens (including phenoxy) is 1. The Morgan fingerprint density at radius 3 is 2.55 bits per heavy atom. The van der Waals surface area contributed by atoms with Gasteiger partial charge in [-0.3, -0.25) is 4.79 Å². The Balaban J connectivity index is 2.16. The maximum Gasteiger partial charge on any atom is 0.340 e. The van der Waals surface area contributed by atoms with Gasteiger partial charge >= 0.3 is 5.97 Å². The zero-order valence-corrected chi connectivity index (χ0v) is 17.0. The van der Waals surface area contributed by atoms with E-state index in [4.69, 9.17) is 4.74 Å². The van der Waals surface area contributed by atoms with E-state index in [1.807, 2.05) is 19.9 Å². The standard InChI is InChI=1S/C23H23FN2O3/c1-6-11-25-16(4)21(23(28)29-5)18(22(25)27)13-17-12-14(2)26(15(17)3)20-10-8-7-9-19(20)24/h6-10,12-13H,1,11H2,2-5H3/b18-13-. The van der Waals surface area contributed by atoms with Gasteiger partial charge in [-0.05, 0) is 50.6 Å². The molecule has 6 heteroatoms. The summed E-state index contributed by atoms with van der Waals surface area (Å²) < 4.78 is 21.0. The normalized spacial score (nSPS) is 15.4. The number of rotatable bonds is 5. The minimum atomic E-state index is -0.573. The van der Waals surface area contributed by atoms with E-state index in [0.29, 0.717) is 11.4 Å². The molecule has 150 valence electrons. The first-order chi connectivity index (χ1) is 13.8. The molecule has 0 saturated heterocycles. The molecular weight excluding hydrogens is 371 g/mol. The molecule has 0 N–H and O–H groups in total. The van der Waals surface area contributed by atoms with Gasteiger partial charge in [-0.15, -0.1) is 6.58 Å². The largest absolute Gasteiger partial charge is 0.465 e. The average Bonchev–Trinajstić information content (AvgIpc) is 3.10. The molecule has 0 spiro atoms. The first-order valence-electron chi connectivity index (χ1n) is 9.19. The fraction of sp³-hybridized carbons (Fsp3) is 0.217. The highest BCUT2D eigenvalue weighted by Gasteiger charge is 2.36. The number of methoxy groups -OCH3 is 1. The highest BCUT2D eigenvalue weighted by Crippen LogP contribution is 2.33. The minimum Gasteiger partial charge on any atom is -0.465 e. The molecule has 0 saturated carbocycles. The van der Waals surface area contributed by atoms with Crippen LogP contribution in [-0.4, -0.2) is 35.0 Å². The summed E-state index contributed by atoms with van der Waals surface area (Å²) in [6.45, 7) is 9.38. The molecule has 0 atom stereocenters. The Kier molecular flexibility index (Phi) is 5.55. The molecule has 1 aromatic heterocycles. The number of hydrogen-bond donors (Lipinski definition) is 0. The summed E-state index contributed by atoms with van der Waals surface area (Å²) in [5, 5.41) is 0. The molecule has 1 aromatic carbocycles. The second-order valence-corrected chi connectivity index (χ2v) is 6.83.